The molecule has 0 saturated carbocycles. The Kier molecular flexibility index (Phi) is 6.98. The molecule has 25 heavy (non-hydrogen) atoms. The average Bonchev–Trinajstić information content (AvgIpc) is 3.05. The van der Waals surface area contributed by atoms with Crippen LogP contribution in [0.4, 0.5) is 0 Å². The van der Waals surface area contributed by atoms with Gasteiger partial charge in [0.05, 0.1) is 18.0 Å². The number of nitrogens with two attached hydrogens (primary N) is 1. The molecule has 1 heterocycles. The highest BCUT2D eigenvalue weighted by Crippen LogP contribution is 2.16. The lowest BCUT2D eigenvalue weighted by atomic mass is 10.2. The van der Waals surface area contributed by atoms with Gasteiger partial charge < -0.3 is 10.6 Å². The number of primary sulfonamides is 1. The molecule has 0 atom stereocenters. The summed E-state index contributed by atoms with van der Waals surface area (Å²) in [5.74, 6) is 0.690. The van der Waals surface area contributed by atoms with Crippen molar-refractivity contribution in [3.63, 3.8) is 0 Å². The molecule has 0 aliphatic heterocycles. The van der Waals surface area contributed by atoms with E-state index in [1.165, 1.54) is 15.8 Å². The average molecular weight is 381 g/mol. The van der Waals surface area contributed by atoms with E-state index >= 15 is 0 Å². The van der Waals surface area contributed by atoms with Crippen LogP contribution in [0.25, 0.3) is 0 Å². The summed E-state index contributed by atoms with van der Waals surface area (Å²) < 4.78 is 22.9. The van der Waals surface area contributed by atoms with Crippen LogP contribution in [0.15, 0.2) is 46.3 Å². The SMILES string of the molecule is CCNC(=NCc1cccc(S(N)(=O)=O)c1)NCc1ccc(CC)s1. The molecule has 0 aliphatic carbocycles. The van der Waals surface area contributed by atoms with Crippen LogP contribution >= 0.6 is 11.3 Å². The summed E-state index contributed by atoms with van der Waals surface area (Å²) in [6.45, 7) is 5.95. The molecule has 0 amide bonds. The summed E-state index contributed by atoms with van der Waals surface area (Å²) in [7, 11) is -3.70. The van der Waals surface area contributed by atoms with Gasteiger partial charge in [0.15, 0.2) is 5.96 Å². The third-order valence-electron chi connectivity index (χ3n) is 3.49. The Morgan fingerprint density at radius 2 is 1.92 bits per heavy atom. The van der Waals surface area contributed by atoms with Crippen LogP contribution < -0.4 is 15.8 Å². The Labute approximate surface area is 153 Å². The third-order valence-corrected chi connectivity index (χ3v) is 5.63. The van der Waals surface area contributed by atoms with Gasteiger partial charge in [0, 0.05) is 16.3 Å². The molecular weight excluding hydrogens is 356 g/mol. The van der Waals surface area contributed by atoms with E-state index in [-0.39, 0.29) is 4.90 Å². The predicted octanol–water partition coefficient (Wildman–Crippen LogP) is 2.21. The number of hydrogen-bond acceptors (Lipinski definition) is 4. The highest BCUT2D eigenvalue weighted by molar-refractivity contribution is 7.89. The quantitative estimate of drug-likeness (QED) is 0.507. The number of aliphatic imine (C=N–C) groups is 1. The molecule has 2 rings (SSSR count). The van der Waals surface area contributed by atoms with Gasteiger partial charge in [-0.3, -0.25) is 0 Å². The summed E-state index contributed by atoms with van der Waals surface area (Å²) in [5, 5.41) is 11.7. The Hall–Kier alpha value is -1.90. The van der Waals surface area contributed by atoms with E-state index in [9.17, 15) is 8.42 Å². The number of aryl methyl sites for hydroxylation is 1. The molecular formula is C17H24N4O2S2. The van der Waals surface area contributed by atoms with E-state index in [2.05, 4.69) is 34.7 Å². The van der Waals surface area contributed by atoms with E-state index in [4.69, 9.17) is 5.14 Å². The van der Waals surface area contributed by atoms with Gasteiger partial charge in [0.25, 0.3) is 0 Å². The van der Waals surface area contributed by atoms with Crippen LogP contribution in [0.5, 0.6) is 0 Å². The maximum Gasteiger partial charge on any atom is 0.238 e. The van der Waals surface area contributed by atoms with Crippen LogP contribution in [-0.4, -0.2) is 20.9 Å². The number of nitrogens with one attached hydrogen (secondary N) is 2. The van der Waals surface area contributed by atoms with Crippen LogP contribution in [-0.2, 0) is 29.5 Å². The van der Waals surface area contributed by atoms with E-state index < -0.39 is 10.0 Å². The fourth-order valence-corrected chi connectivity index (χ4v) is 3.69. The van der Waals surface area contributed by atoms with Gasteiger partial charge in [-0.1, -0.05) is 19.1 Å². The minimum atomic E-state index is -3.70. The first kappa shape index (κ1) is 19.4. The summed E-state index contributed by atoms with van der Waals surface area (Å²) in [6.07, 6.45) is 1.04. The fourth-order valence-electron chi connectivity index (χ4n) is 2.21. The van der Waals surface area contributed by atoms with Gasteiger partial charge in [0.1, 0.15) is 0 Å². The van der Waals surface area contributed by atoms with Crippen molar-refractivity contribution in [2.75, 3.05) is 6.54 Å². The molecule has 1 aromatic carbocycles. The van der Waals surface area contributed by atoms with Crippen molar-refractivity contribution in [2.45, 2.75) is 38.3 Å². The minimum Gasteiger partial charge on any atom is -0.357 e. The van der Waals surface area contributed by atoms with Gasteiger partial charge in [-0.25, -0.2) is 18.5 Å². The lowest BCUT2D eigenvalue weighted by molar-refractivity contribution is 0.597. The second kappa shape index (κ2) is 8.98. The Bertz CT molecular complexity index is 829. The maximum atomic E-state index is 11.4. The third kappa shape index (κ3) is 6.15. The normalized spacial score (nSPS) is 12.2. The van der Waals surface area contributed by atoms with Crippen molar-refractivity contribution in [3.05, 3.63) is 51.7 Å². The molecule has 136 valence electrons. The standard InChI is InChI=1S/C17H24N4O2S2/c1-3-14-8-9-15(24-14)12-21-17(19-4-2)20-11-13-6-5-7-16(10-13)25(18,22)23/h5-10H,3-4,11-12H2,1-2H3,(H2,18,22,23)(H2,19,20,21). The van der Waals surface area contributed by atoms with Crippen molar-refractivity contribution in [2.24, 2.45) is 10.1 Å². The molecule has 0 aliphatic rings. The Morgan fingerprint density at radius 3 is 2.56 bits per heavy atom. The molecule has 0 fully saturated rings. The molecule has 0 unspecified atom stereocenters. The van der Waals surface area contributed by atoms with Crippen molar-refractivity contribution >= 4 is 27.3 Å². The number of thiophene rings is 1. The molecule has 0 spiro atoms. The first-order valence-corrected chi connectivity index (χ1v) is 10.5. The van der Waals surface area contributed by atoms with Crippen molar-refractivity contribution in [3.8, 4) is 0 Å². The predicted molar refractivity (Wildman–Crippen MR) is 103 cm³/mol. The van der Waals surface area contributed by atoms with Crippen LogP contribution in [0.1, 0.15) is 29.2 Å². The van der Waals surface area contributed by atoms with Crippen molar-refractivity contribution in [1.29, 1.82) is 0 Å². The number of hydrogen-bond donors (Lipinski definition) is 3. The maximum absolute atomic E-state index is 11.4. The summed E-state index contributed by atoms with van der Waals surface area (Å²) in [4.78, 5) is 7.22. The highest BCUT2D eigenvalue weighted by Gasteiger charge is 2.08. The lowest BCUT2D eigenvalue weighted by Crippen LogP contribution is -2.36. The molecule has 8 heteroatoms. The molecule has 1 aromatic heterocycles. The number of guanidine groups is 1. The first-order chi connectivity index (χ1) is 11.9. The van der Waals surface area contributed by atoms with Crippen LogP contribution in [0, 0.1) is 0 Å². The topological polar surface area (TPSA) is 96.6 Å². The number of sulfonamides is 1. The first-order valence-electron chi connectivity index (χ1n) is 8.14. The number of benzene rings is 1. The van der Waals surface area contributed by atoms with Crippen molar-refractivity contribution < 1.29 is 8.42 Å². The molecule has 0 radical (unpaired) electrons. The summed E-state index contributed by atoms with van der Waals surface area (Å²) >= 11 is 1.79. The number of nitrogens with zero attached hydrogens (tertiary/aromatic N) is 1. The second-order valence-corrected chi connectivity index (χ2v) is 8.28. The molecule has 2 aromatic rings. The van der Waals surface area contributed by atoms with Gasteiger partial charge in [-0.15, -0.1) is 11.3 Å². The Morgan fingerprint density at radius 1 is 1.16 bits per heavy atom. The fraction of sp³-hybridized carbons (Fsp3) is 0.353. The van der Waals surface area contributed by atoms with E-state index in [1.807, 2.05) is 13.0 Å². The monoisotopic (exact) mass is 380 g/mol. The minimum absolute atomic E-state index is 0.101. The van der Waals surface area contributed by atoms with E-state index in [0.29, 0.717) is 19.0 Å². The van der Waals surface area contributed by atoms with E-state index in [0.717, 1.165) is 18.5 Å². The lowest BCUT2D eigenvalue weighted by Gasteiger charge is -2.10. The molecule has 4 N–H and O–H groups in total. The highest BCUT2D eigenvalue weighted by atomic mass is 32.2. The van der Waals surface area contributed by atoms with Gasteiger partial charge in [-0.05, 0) is 43.2 Å². The number of rotatable bonds is 7. The zero-order valence-corrected chi connectivity index (χ0v) is 16.1. The zero-order chi connectivity index (χ0) is 18.3. The van der Waals surface area contributed by atoms with Crippen LogP contribution in [0.2, 0.25) is 0 Å². The van der Waals surface area contributed by atoms with Gasteiger partial charge >= 0.3 is 0 Å². The van der Waals surface area contributed by atoms with Gasteiger partial charge in [0.2, 0.25) is 10.0 Å². The molecule has 6 nitrogen and oxygen atoms in total. The largest absolute Gasteiger partial charge is 0.357 e. The molecule has 0 saturated heterocycles. The van der Waals surface area contributed by atoms with Crippen molar-refractivity contribution in [1.82, 2.24) is 10.6 Å². The van der Waals surface area contributed by atoms with E-state index in [1.54, 1.807) is 23.5 Å². The smallest absolute Gasteiger partial charge is 0.238 e. The summed E-state index contributed by atoms with van der Waals surface area (Å²) in [6, 6.07) is 10.8. The molecule has 0 bridgehead atoms. The van der Waals surface area contributed by atoms with Crippen LogP contribution in [0.3, 0.4) is 0 Å². The zero-order valence-electron chi connectivity index (χ0n) is 14.5. The van der Waals surface area contributed by atoms with Gasteiger partial charge in [-0.2, -0.15) is 0 Å². The second-order valence-electron chi connectivity index (χ2n) is 5.46. The Balaban J connectivity index is 2.04. The summed E-state index contributed by atoms with van der Waals surface area (Å²) in [5.41, 5.74) is 0.785.